The largest absolute Gasteiger partial charge is 0.313 e. The van der Waals surface area contributed by atoms with Crippen LogP contribution >= 0.6 is 15.9 Å². The average molecular weight is 246 g/mol. The lowest BCUT2D eigenvalue weighted by molar-refractivity contribution is 0.0989. The molecule has 1 N–H and O–H groups in total. The summed E-state index contributed by atoms with van der Waals surface area (Å²) < 4.78 is 13.6. The number of benzene rings is 1. The van der Waals surface area contributed by atoms with Crippen molar-refractivity contribution in [1.29, 1.82) is 0 Å². The van der Waals surface area contributed by atoms with Crippen molar-refractivity contribution in [2.45, 2.75) is 0 Å². The van der Waals surface area contributed by atoms with Crippen LogP contribution in [0.5, 0.6) is 0 Å². The molecular weight excluding hydrogens is 237 g/mol. The highest BCUT2D eigenvalue weighted by molar-refractivity contribution is 9.10. The fraction of sp³-hybridized carbons (Fsp3) is 0.222. The smallest absolute Gasteiger partial charge is 0.180 e. The first kappa shape index (κ1) is 10.3. The van der Waals surface area contributed by atoms with Crippen molar-refractivity contribution in [2.75, 3.05) is 13.6 Å². The molecule has 0 spiro atoms. The number of ketones is 1. The van der Waals surface area contributed by atoms with E-state index in [1.54, 1.807) is 19.2 Å². The van der Waals surface area contributed by atoms with E-state index in [-0.39, 0.29) is 17.9 Å². The van der Waals surface area contributed by atoms with Crippen LogP contribution in [0.3, 0.4) is 0 Å². The van der Waals surface area contributed by atoms with Crippen LogP contribution in [0.25, 0.3) is 0 Å². The van der Waals surface area contributed by atoms with Gasteiger partial charge in [-0.15, -0.1) is 0 Å². The second kappa shape index (κ2) is 4.48. The fourth-order valence-electron chi connectivity index (χ4n) is 1.01. The van der Waals surface area contributed by atoms with Gasteiger partial charge in [0.05, 0.1) is 12.1 Å². The molecule has 0 aliphatic heterocycles. The molecule has 13 heavy (non-hydrogen) atoms. The molecule has 0 radical (unpaired) electrons. The number of halogens is 2. The normalized spacial score (nSPS) is 10.1. The zero-order chi connectivity index (χ0) is 9.84. The van der Waals surface area contributed by atoms with Gasteiger partial charge >= 0.3 is 0 Å². The summed E-state index contributed by atoms with van der Waals surface area (Å²) in [6.07, 6.45) is 0. The van der Waals surface area contributed by atoms with E-state index in [2.05, 4.69) is 21.2 Å². The van der Waals surface area contributed by atoms with E-state index >= 15 is 0 Å². The van der Waals surface area contributed by atoms with E-state index < -0.39 is 5.82 Å². The Bertz CT molecular complexity index is 307. The molecule has 0 unspecified atom stereocenters. The molecule has 2 nitrogen and oxygen atoms in total. The van der Waals surface area contributed by atoms with E-state index in [0.717, 1.165) is 0 Å². The highest BCUT2D eigenvalue weighted by Gasteiger charge is 2.13. The number of rotatable bonds is 3. The summed E-state index contributed by atoms with van der Waals surface area (Å²) in [4.78, 5) is 11.4. The predicted octanol–water partition coefficient (Wildman–Crippen LogP) is 1.99. The van der Waals surface area contributed by atoms with Crippen LogP contribution in [0.4, 0.5) is 4.39 Å². The predicted molar refractivity (Wildman–Crippen MR) is 52.4 cm³/mol. The van der Waals surface area contributed by atoms with Crippen molar-refractivity contribution in [1.82, 2.24) is 5.32 Å². The lowest BCUT2D eigenvalue weighted by Gasteiger charge is -2.03. The third kappa shape index (κ3) is 2.35. The Labute approximate surface area is 84.3 Å². The van der Waals surface area contributed by atoms with Crippen LogP contribution in [-0.4, -0.2) is 19.4 Å². The summed E-state index contributed by atoms with van der Waals surface area (Å²) in [6.45, 7) is 0.138. The highest BCUT2D eigenvalue weighted by Crippen LogP contribution is 2.19. The van der Waals surface area contributed by atoms with Gasteiger partial charge in [-0.3, -0.25) is 4.79 Å². The molecule has 0 heterocycles. The molecule has 0 saturated heterocycles. The van der Waals surface area contributed by atoms with E-state index in [0.29, 0.717) is 4.47 Å². The number of Topliss-reactive ketones (excluding diaryl/α,β-unsaturated/α-hetero) is 1. The average Bonchev–Trinajstić information content (AvgIpc) is 2.04. The maximum atomic E-state index is 13.1. The van der Waals surface area contributed by atoms with Crippen LogP contribution in [0.2, 0.25) is 0 Å². The second-order valence-electron chi connectivity index (χ2n) is 2.55. The number of hydrogen-bond acceptors (Lipinski definition) is 2. The summed E-state index contributed by atoms with van der Waals surface area (Å²) >= 11 is 3.13. The summed E-state index contributed by atoms with van der Waals surface area (Å²) in [5.74, 6) is -0.748. The Morgan fingerprint density at radius 3 is 2.85 bits per heavy atom. The molecule has 4 heteroatoms. The Hall–Kier alpha value is -0.740. The first-order valence-corrected chi connectivity index (χ1v) is 4.58. The number of carbonyl (C=O) groups is 1. The van der Waals surface area contributed by atoms with Gasteiger partial charge in [-0.1, -0.05) is 6.07 Å². The zero-order valence-electron chi connectivity index (χ0n) is 7.10. The molecular formula is C9H9BrFNO. The molecule has 0 saturated carbocycles. The topological polar surface area (TPSA) is 29.1 Å². The van der Waals surface area contributed by atoms with Gasteiger partial charge in [0.1, 0.15) is 5.82 Å². The Morgan fingerprint density at radius 1 is 1.62 bits per heavy atom. The highest BCUT2D eigenvalue weighted by atomic mass is 79.9. The summed E-state index contributed by atoms with van der Waals surface area (Å²) in [5, 5.41) is 2.68. The third-order valence-electron chi connectivity index (χ3n) is 1.58. The van der Waals surface area contributed by atoms with E-state index in [9.17, 15) is 9.18 Å². The van der Waals surface area contributed by atoms with Crippen LogP contribution in [0.1, 0.15) is 10.4 Å². The molecule has 0 bridgehead atoms. The minimum Gasteiger partial charge on any atom is -0.313 e. The van der Waals surface area contributed by atoms with Crippen LogP contribution in [-0.2, 0) is 0 Å². The summed E-state index contributed by atoms with van der Waals surface area (Å²) in [7, 11) is 1.65. The molecule has 1 aromatic carbocycles. The molecule has 0 aliphatic carbocycles. The van der Waals surface area contributed by atoms with Gasteiger partial charge in [0.15, 0.2) is 5.78 Å². The minimum absolute atomic E-state index is 0.108. The van der Waals surface area contributed by atoms with Crippen molar-refractivity contribution < 1.29 is 9.18 Å². The standard InChI is InChI=1S/C9H9BrFNO/c1-12-5-8(13)9-6(10)3-2-4-7(9)11/h2-4,12H,5H2,1H3. The number of nitrogens with one attached hydrogen (secondary N) is 1. The van der Waals surface area contributed by atoms with Crippen molar-refractivity contribution in [2.24, 2.45) is 0 Å². The van der Waals surface area contributed by atoms with E-state index in [4.69, 9.17) is 0 Å². The summed E-state index contributed by atoms with van der Waals surface area (Å²) in [6, 6.07) is 4.47. The van der Waals surface area contributed by atoms with Gasteiger partial charge in [-0.2, -0.15) is 0 Å². The Morgan fingerprint density at radius 2 is 2.31 bits per heavy atom. The molecule has 0 atom stereocenters. The molecule has 0 fully saturated rings. The monoisotopic (exact) mass is 245 g/mol. The number of carbonyl (C=O) groups excluding carboxylic acids is 1. The van der Waals surface area contributed by atoms with E-state index in [1.807, 2.05) is 0 Å². The zero-order valence-corrected chi connectivity index (χ0v) is 8.69. The van der Waals surface area contributed by atoms with Crippen molar-refractivity contribution in [3.05, 3.63) is 34.1 Å². The van der Waals surface area contributed by atoms with E-state index in [1.165, 1.54) is 6.07 Å². The summed E-state index contributed by atoms with van der Waals surface area (Å²) in [5.41, 5.74) is 0.108. The quantitative estimate of drug-likeness (QED) is 0.826. The SMILES string of the molecule is CNCC(=O)c1c(F)cccc1Br. The van der Waals surface area contributed by atoms with Crippen LogP contribution in [0, 0.1) is 5.82 Å². The third-order valence-corrected chi connectivity index (χ3v) is 2.24. The first-order valence-electron chi connectivity index (χ1n) is 3.78. The van der Waals surface area contributed by atoms with Gasteiger partial charge < -0.3 is 5.32 Å². The second-order valence-corrected chi connectivity index (χ2v) is 3.40. The van der Waals surface area contributed by atoms with Gasteiger partial charge in [-0.05, 0) is 35.1 Å². The maximum Gasteiger partial charge on any atom is 0.180 e. The van der Waals surface area contributed by atoms with Gasteiger partial charge in [0.25, 0.3) is 0 Å². The Balaban J connectivity index is 3.05. The van der Waals surface area contributed by atoms with Gasteiger partial charge in [0, 0.05) is 4.47 Å². The molecule has 1 rings (SSSR count). The molecule has 0 aliphatic rings. The van der Waals surface area contributed by atoms with Crippen LogP contribution in [0.15, 0.2) is 22.7 Å². The van der Waals surface area contributed by atoms with Gasteiger partial charge in [0.2, 0.25) is 0 Å². The van der Waals surface area contributed by atoms with Crippen molar-refractivity contribution in [3.63, 3.8) is 0 Å². The molecule has 0 aromatic heterocycles. The lowest BCUT2D eigenvalue weighted by Crippen LogP contribution is -2.20. The number of likely N-dealkylation sites (N-methyl/N-ethyl adjacent to an activating group) is 1. The molecule has 0 amide bonds. The Kier molecular flexibility index (Phi) is 3.57. The molecule has 70 valence electrons. The van der Waals surface area contributed by atoms with Crippen molar-refractivity contribution >= 4 is 21.7 Å². The first-order chi connectivity index (χ1) is 6.16. The van der Waals surface area contributed by atoms with Crippen molar-refractivity contribution in [3.8, 4) is 0 Å². The fourth-order valence-corrected chi connectivity index (χ4v) is 1.58. The number of hydrogen-bond donors (Lipinski definition) is 1. The molecule has 1 aromatic rings. The maximum absolute atomic E-state index is 13.1. The minimum atomic E-state index is -0.491. The lowest BCUT2D eigenvalue weighted by atomic mass is 10.1. The van der Waals surface area contributed by atoms with Gasteiger partial charge in [-0.25, -0.2) is 4.39 Å². The van der Waals surface area contributed by atoms with Crippen LogP contribution < -0.4 is 5.32 Å².